The highest BCUT2D eigenvalue weighted by atomic mass is 32.2. The monoisotopic (exact) mass is 223 g/mol. The molecule has 0 amide bonds. The summed E-state index contributed by atoms with van der Waals surface area (Å²) >= 11 is 2.04. The van der Waals surface area contributed by atoms with Gasteiger partial charge in [0.1, 0.15) is 5.75 Å². The Morgan fingerprint density at radius 2 is 2.07 bits per heavy atom. The first-order valence-corrected chi connectivity index (χ1v) is 6.57. The summed E-state index contributed by atoms with van der Waals surface area (Å²) in [5.41, 5.74) is 7.51. The third-order valence-corrected chi connectivity index (χ3v) is 4.07. The average molecular weight is 223 g/mol. The normalized spacial score (nSPS) is 17.9. The van der Waals surface area contributed by atoms with Gasteiger partial charge >= 0.3 is 0 Å². The number of anilines is 1. The Bertz CT molecular complexity index is 334. The molecule has 1 aromatic rings. The van der Waals surface area contributed by atoms with E-state index in [0.29, 0.717) is 5.69 Å². The average Bonchev–Trinajstić information content (AvgIpc) is 2.26. The largest absolute Gasteiger partial charge is 0.506 e. The molecule has 0 unspecified atom stereocenters. The molecule has 82 valence electrons. The fourth-order valence-electron chi connectivity index (χ4n) is 2.04. The zero-order valence-electron chi connectivity index (χ0n) is 8.78. The lowest BCUT2D eigenvalue weighted by atomic mass is 9.93. The van der Waals surface area contributed by atoms with Crippen LogP contribution in [0.5, 0.6) is 5.75 Å². The van der Waals surface area contributed by atoms with Gasteiger partial charge in [0.25, 0.3) is 0 Å². The number of phenolic OH excluding ortho intramolecular Hbond substituents is 1. The molecule has 1 fully saturated rings. The van der Waals surface area contributed by atoms with Crippen LogP contribution >= 0.6 is 11.8 Å². The molecule has 1 saturated heterocycles. The lowest BCUT2D eigenvalue weighted by Gasteiger charge is -2.22. The van der Waals surface area contributed by atoms with Gasteiger partial charge in [0.15, 0.2) is 0 Å². The minimum absolute atomic E-state index is 0.220. The molecule has 0 radical (unpaired) electrons. The number of phenols is 1. The molecule has 0 aromatic heterocycles. The summed E-state index contributed by atoms with van der Waals surface area (Å²) < 4.78 is 0. The molecule has 0 bridgehead atoms. The summed E-state index contributed by atoms with van der Waals surface area (Å²) in [7, 11) is 0. The van der Waals surface area contributed by atoms with E-state index in [4.69, 9.17) is 5.73 Å². The van der Waals surface area contributed by atoms with Crippen LogP contribution in [-0.2, 0) is 6.42 Å². The Hall–Kier alpha value is -0.830. The Morgan fingerprint density at radius 3 is 2.80 bits per heavy atom. The Morgan fingerprint density at radius 1 is 1.33 bits per heavy atom. The van der Waals surface area contributed by atoms with Crippen LogP contribution in [0.15, 0.2) is 18.2 Å². The van der Waals surface area contributed by atoms with Crippen molar-refractivity contribution in [2.24, 2.45) is 5.92 Å². The van der Waals surface area contributed by atoms with Gasteiger partial charge in [0.2, 0.25) is 0 Å². The fourth-order valence-corrected chi connectivity index (χ4v) is 3.24. The number of para-hydroxylation sites is 1. The van der Waals surface area contributed by atoms with Gasteiger partial charge in [0, 0.05) is 0 Å². The van der Waals surface area contributed by atoms with Crippen molar-refractivity contribution in [3.05, 3.63) is 23.8 Å². The van der Waals surface area contributed by atoms with Gasteiger partial charge < -0.3 is 10.8 Å². The zero-order valence-corrected chi connectivity index (χ0v) is 9.59. The predicted molar refractivity (Wildman–Crippen MR) is 66.3 cm³/mol. The molecule has 0 atom stereocenters. The standard InChI is InChI=1S/C12H17NOS/c13-12-10(2-1-3-11(12)14)8-9-4-6-15-7-5-9/h1-3,9,14H,4-8,13H2. The molecule has 2 nitrogen and oxygen atoms in total. The second-order valence-corrected chi connectivity index (χ2v) is 5.33. The van der Waals surface area contributed by atoms with Crippen molar-refractivity contribution in [2.45, 2.75) is 19.3 Å². The van der Waals surface area contributed by atoms with Gasteiger partial charge in [-0.3, -0.25) is 0 Å². The molecular formula is C12H17NOS. The van der Waals surface area contributed by atoms with E-state index in [-0.39, 0.29) is 5.75 Å². The number of nitrogen functional groups attached to an aromatic ring is 1. The van der Waals surface area contributed by atoms with Crippen molar-refractivity contribution in [3.63, 3.8) is 0 Å². The smallest absolute Gasteiger partial charge is 0.138 e. The van der Waals surface area contributed by atoms with E-state index in [1.165, 1.54) is 24.3 Å². The van der Waals surface area contributed by atoms with E-state index in [1.807, 2.05) is 23.9 Å². The molecule has 0 spiro atoms. The maximum Gasteiger partial charge on any atom is 0.138 e. The summed E-state index contributed by atoms with van der Waals surface area (Å²) in [6, 6.07) is 5.55. The number of thioether (sulfide) groups is 1. The van der Waals surface area contributed by atoms with E-state index < -0.39 is 0 Å². The fraction of sp³-hybridized carbons (Fsp3) is 0.500. The van der Waals surface area contributed by atoms with Gasteiger partial charge in [-0.15, -0.1) is 0 Å². The van der Waals surface area contributed by atoms with Gasteiger partial charge in [-0.2, -0.15) is 11.8 Å². The molecule has 1 aliphatic heterocycles. The lowest BCUT2D eigenvalue weighted by Crippen LogP contribution is -2.13. The molecular weight excluding hydrogens is 206 g/mol. The van der Waals surface area contributed by atoms with Crippen molar-refractivity contribution in [1.82, 2.24) is 0 Å². The van der Waals surface area contributed by atoms with Crippen LogP contribution in [0.2, 0.25) is 0 Å². The molecule has 15 heavy (non-hydrogen) atoms. The highest BCUT2D eigenvalue weighted by Crippen LogP contribution is 2.30. The molecule has 1 aliphatic rings. The molecule has 2 rings (SSSR count). The van der Waals surface area contributed by atoms with Crippen molar-refractivity contribution in [3.8, 4) is 5.75 Å². The van der Waals surface area contributed by atoms with Crippen molar-refractivity contribution in [1.29, 1.82) is 0 Å². The van der Waals surface area contributed by atoms with Gasteiger partial charge in [-0.1, -0.05) is 12.1 Å². The minimum atomic E-state index is 0.220. The maximum absolute atomic E-state index is 9.50. The molecule has 0 aliphatic carbocycles. The third kappa shape index (κ3) is 2.59. The lowest BCUT2D eigenvalue weighted by molar-refractivity contribution is 0.471. The van der Waals surface area contributed by atoms with Gasteiger partial charge in [-0.05, 0) is 48.3 Å². The van der Waals surface area contributed by atoms with Crippen LogP contribution in [0.25, 0.3) is 0 Å². The van der Waals surface area contributed by atoms with Crippen molar-refractivity contribution in [2.75, 3.05) is 17.2 Å². The summed E-state index contributed by atoms with van der Waals surface area (Å²) in [6.45, 7) is 0. The van der Waals surface area contributed by atoms with E-state index >= 15 is 0 Å². The quantitative estimate of drug-likeness (QED) is 0.598. The molecule has 3 N–H and O–H groups in total. The van der Waals surface area contributed by atoms with E-state index in [2.05, 4.69) is 0 Å². The van der Waals surface area contributed by atoms with Gasteiger partial charge in [0.05, 0.1) is 5.69 Å². The highest BCUT2D eigenvalue weighted by molar-refractivity contribution is 7.99. The summed E-state index contributed by atoms with van der Waals surface area (Å²) in [5, 5.41) is 9.50. The first kappa shape index (κ1) is 10.7. The summed E-state index contributed by atoms with van der Waals surface area (Å²) in [6.07, 6.45) is 3.57. The predicted octanol–water partition coefficient (Wildman–Crippen LogP) is 2.66. The van der Waals surface area contributed by atoms with E-state index in [9.17, 15) is 5.11 Å². The first-order chi connectivity index (χ1) is 7.27. The first-order valence-electron chi connectivity index (χ1n) is 5.41. The second-order valence-electron chi connectivity index (χ2n) is 4.11. The Balaban J connectivity index is 2.06. The summed E-state index contributed by atoms with van der Waals surface area (Å²) in [4.78, 5) is 0. The van der Waals surface area contributed by atoms with Crippen LogP contribution in [-0.4, -0.2) is 16.6 Å². The number of hydrogen-bond donors (Lipinski definition) is 2. The SMILES string of the molecule is Nc1c(O)cccc1CC1CCSCC1. The Labute approximate surface area is 94.9 Å². The van der Waals surface area contributed by atoms with Crippen LogP contribution in [0.4, 0.5) is 5.69 Å². The second kappa shape index (κ2) is 4.79. The maximum atomic E-state index is 9.50. The topological polar surface area (TPSA) is 46.2 Å². The van der Waals surface area contributed by atoms with Crippen LogP contribution in [0, 0.1) is 5.92 Å². The number of aromatic hydroxyl groups is 1. The Kier molecular flexibility index (Phi) is 3.41. The molecule has 1 heterocycles. The van der Waals surface area contributed by atoms with Crippen LogP contribution in [0.1, 0.15) is 18.4 Å². The van der Waals surface area contributed by atoms with E-state index in [0.717, 1.165) is 17.9 Å². The number of hydrogen-bond acceptors (Lipinski definition) is 3. The number of benzene rings is 1. The highest BCUT2D eigenvalue weighted by Gasteiger charge is 2.15. The molecule has 0 saturated carbocycles. The summed E-state index contributed by atoms with van der Waals surface area (Å²) in [5.74, 6) is 3.50. The van der Waals surface area contributed by atoms with Crippen LogP contribution in [0.3, 0.4) is 0 Å². The minimum Gasteiger partial charge on any atom is -0.506 e. The van der Waals surface area contributed by atoms with Crippen molar-refractivity contribution < 1.29 is 5.11 Å². The van der Waals surface area contributed by atoms with E-state index in [1.54, 1.807) is 6.07 Å². The molecule has 3 heteroatoms. The van der Waals surface area contributed by atoms with Gasteiger partial charge in [-0.25, -0.2) is 0 Å². The van der Waals surface area contributed by atoms with Crippen LogP contribution < -0.4 is 5.73 Å². The zero-order chi connectivity index (χ0) is 10.7. The number of nitrogens with two attached hydrogens (primary N) is 1. The van der Waals surface area contributed by atoms with Crippen molar-refractivity contribution >= 4 is 17.4 Å². The number of rotatable bonds is 2. The third-order valence-electron chi connectivity index (χ3n) is 3.02. The molecule has 1 aromatic carbocycles.